The summed E-state index contributed by atoms with van der Waals surface area (Å²) in [4.78, 5) is 25.2. The first-order valence-electron chi connectivity index (χ1n) is 6.19. The van der Waals surface area contributed by atoms with Crippen LogP contribution in [-0.2, 0) is 9.53 Å². The van der Waals surface area contributed by atoms with Crippen molar-refractivity contribution in [1.82, 2.24) is 0 Å². The average molecular weight is 264 g/mol. The van der Waals surface area contributed by atoms with Crippen molar-refractivity contribution in [3.8, 4) is 0 Å². The maximum absolute atomic E-state index is 12.0. The normalized spacial score (nSPS) is 10.4. The molecule has 0 saturated carbocycles. The second kappa shape index (κ2) is 6.89. The molecule has 0 aliphatic heterocycles. The lowest BCUT2D eigenvalue weighted by molar-refractivity contribution is -0.117. The van der Waals surface area contributed by atoms with Crippen molar-refractivity contribution in [1.29, 1.82) is 0 Å². The van der Waals surface area contributed by atoms with Gasteiger partial charge in [-0.2, -0.15) is 0 Å². The van der Waals surface area contributed by atoms with Crippen LogP contribution < -0.4 is 10.6 Å². The van der Waals surface area contributed by atoms with Gasteiger partial charge in [0.1, 0.15) is 0 Å². The number of carbonyl (C=O) groups is 2. The Morgan fingerprint density at radius 1 is 1.32 bits per heavy atom. The molecule has 1 amide bonds. The van der Waals surface area contributed by atoms with Gasteiger partial charge in [-0.15, -0.1) is 0 Å². The van der Waals surface area contributed by atoms with E-state index in [1.165, 1.54) is 12.0 Å². The number of hydrogen-bond donors (Lipinski definition) is 1. The molecule has 5 nitrogen and oxygen atoms in total. The van der Waals surface area contributed by atoms with Gasteiger partial charge in [-0.3, -0.25) is 4.79 Å². The number of para-hydroxylation sites is 1. The highest BCUT2D eigenvalue weighted by Gasteiger charge is 2.21. The number of methoxy groups -OCH3 is 1. The van der Waals surface area contributed by atoms with E-state index in [4.69, 9.17) is 10.5 Å². The molecule has 0 atom stereocenters. The van der Waals surface area contributed by atoms with E-state index in [0.29, 0.717) is 17.8 Å². The van der Waals surface area contributed by atoms with E-state index in [2.05, 4.69) is 0 Å². The van der Waals surface area contributed by atoms with Crippen LogP contribution in [0.5, 0.6) is 0 Å². The molecule has 5 heteroatoms. The Hall–Kier alpha value is -1.88. The molecule has 1 aromatic carbocycles. The summed E-state index contributed by atoms with van der Waals surface area (Å²) >= 11 is 0. The van der Waals surface area contributed by atoms with Crippen LogP contribution in [0.1, 0.15) is 24.2 Å². The fourth-order valence-electron chi connectivity index (χ4n) is 1.80. The van der Waals surface area contributed by atoms with E-state index < -0.39 is 5.97 Å². The number of amides is 1. The van der Waals surface area contributed by atoms with Gasteiger partial charge in [0.05, 0.1) is 24.9 Å². The zero-order valence-corrected chi connectivity index (χ0v) is 11.6. The van der Waals surface area contributed by atoms with E-state index in [9.17, 15) is 9.59 Å². The summed E-state index contributed by atoms with van der Waals surface area (Å²) in [6.45, 7) is 4.40. The van der Waals surface area contributed by atoms with Crippen LogP contribution in [0.4, 0.5) is 5.69 Å². The zero-order chi connectivity index (χ0) is 14.4. The summed E-state index contributed by atoms with van der Waals surface area (Å²) in [5.41, 5.74) is 6.35. The fourth-order valence-corrected chi connectivity index (χ4v) is 1.80. The van der Waals surface area contributed by atoms with E-state index in [0.717, 1.165) is 0 Å². The molecule has 0 heterocycles. The molecule has 1 rings (SSSR count). The fraction of sp³-hybridized carbons (Fsp3) is 0.429. The molecule has 1 aromatic rings. The minimum atomic E-state index is -0.464. The lowest BCUT2D eigenvalue weighted by Crippen LogP contribution is -2.39. The molecular weight excluding hydrogens is 244 g/mol. The Kier molecular flexibility index (Phi) is 5.51. The number of ether oxygens (including phenoxy) is 1. The lowest BCUT2D eigenvalue weighted by atomic mass is 10.1. The van der Waals surface area contributed by atoms with Gasteiger partial charge in [0.2, 0.25) is 5.91 Å². The average Bonchev–Trinajstić information content (AvgIpc) is 2.43. The van der Waals surface area contributed by atoms with Gasteiger partial charge in [-0.25, -0.2) is 4.79 Å². The summed E-state index contributed by atoms with van der Waals surface area (Å²) < 4.78 is 4.74. The van der Waals surface area contributed by atoms with Crippen LogP contribution in [-0.4, -0.2) is 32.1 Å². The molecule has 2 N–H and O–H groups in total. The van der Waals surface area contributed by atoms with E-state index in [-0.39, 0.29) is 18.4 Å². The zero-order valence-electron chi connectivity index (χ0n) is 11.6. The SMILES string of the molecule is COC(=O)c1ccccc1N(CC(C)C)C(=O)CN. The molecule has 0 spiro atoms. The Morgan fingerprint density at radius 2 is 1.95 bits per heavy atom. The Morgan fingerprint density at radius 3 is 2.47 bits per heavy atom. The van der Waals surface area contributed by atoms with Crippen molar-refractivity contribution >= 4 is 17.6 Å². The van der Waals surface area contributed by atoms with Crippen LogP contribution in [0, 0.1) is 5.92 Å². The van der Waals surface area contributed by atoms with Gasteiger partial charge < -0.3 is 15.4 Å². The third kappa shape index (κ3) is 3.79. The van der Waals surface area contributed by atoms with Crippen molar-refractivity contribution in [3.05, 3.63) is 29.8 Å². The number of anilines is 1. The molecule has 0 radical (unpaired) electrons. The first kappa shape index (κ1) is 15.2. The highest BCUT2D eigenvalue weighted by Crippen LogP contribution is 2.22. The van der Waals surface area contributed by atoms with Crippen LogP contribution in [0.15, 0.2) is 24.3 Å². The van der Waals surface area contributed by atoms with Gasteiger partial charge >= 0.3 is 5.97 Å². The maximum Gasteiger partial charge on any atom is 0.339 e. The molecule has 104 valence electrons. The molecule has 0 aliphatic rings. The van der Waals surface area contributed by atoms with Crippen LogP contribution in [0.2, 0.25) is 0 Å². The van der Waals surface area contributed by atoms with Crippen molar-refractivity contribution in [2.45, 2.75) is 13.8 Å². The van der Waals surface area contributed by atoms with E-state index in [1.54, 1.807) is 24.3 Å². The molecule has 0 saturated heterocycles. The number of rotatable bonds is 5. The minimum Gasteiger partial charge on any atom is -0.465 e. The molecule has 0 fully saturated rings. The number of benzene rings is 1. The monoisotopic (exact) mass is 264 g/mol. The van der Waals surface area contributed by atoms with Crippen molar-refractivity contribution in [3.63, 3.8) is 0 Å². The second-order valence-electron chi connectivity index (χ2n) is 4.61. The van der Waals surface area contributed by atoms with Gasteiger partial charge in [-0.1, -0.05) is 26.0 Å². The Labute approximate surface area is 113 Å². The van der Waals surface area contributed by atoms with Crippen molar-refractivity contribution in [2.24, 2.45) is 11.7 Å². The highest BCUT2D eigenvalue weighted by atomic mass is 16.5. The molecule has 0 bridgehead atoms. The molecule has 0 aromatic heterocycles. The lowest BCUT2D eigenvalue weighted by Gasteiger charge is -2.25. The summed E-state index contributed by atoms with van der Waals surface area (Å²) in [6.07, 6.45) is 0. The second-order valence-corrected chi connectivity index (χ2v) is 4.61. The predicted octanol–water partition coefficient (Wildman–Crippen LogP) is 1.42. The summed E-state index contributed by atoms with van der Waals surface area (Å²) in [7, 11) is 1.32. The third-order valence-corrected chi connectivity index (χ3v) is 2.62. The number of hydrogen-bond acceptors (Lipinski definition) is 4. The number of carbonyl (C=O) groups excluding carboxylic acids is 2. The van der Waals surface area contributed by atoms with Crippen LogP contribution in [0.25, 0.3) is 0 Å². The predicted molar refractivity (Wildman–Crippen MR) is 74.0 cm³/mol. The Balaban J connectivity index is 3.21. The molecule has 19 heavy (non-hydrogen) atoms. The summed E-state index contributed by atoms with van der Waals surface area (Å²) in [6, 6.07) is 6.87. The topological polar surface area (TPSA) is 72.6 Å². The van der Waals surface area contributed by atoms with Crippen molar-refractivity contribution < 1.29 is 14.3 Å². The third-order valence-electron chi connectivity index (χ3n) is 2.62. The minimum absolute atomic E-state index is 0.0950. The van der Waals surface area contributed by atoms with Gasteiger partial charge in [-0.05, 0) is 18.1 Å². The summed E-state index contributed by atoms with van der Waals surface area (Å²) in [5.74, 6) is -0.416. The first-order valence-corrected chi connectivity index (χ1v) is 6.19. The largest absolute Gasteiger partial charge is 0.465 e. The number of nitrogens with zero attached hydrogens (tertiary/aromatic N) is 1. The molecular formula is C14H20N2O3. The quantitative estimate of drug-likeness (QED) is 0.816. The van der Waals surface area contributed by atoms with Gasteiger partial charge in [0, 0.05) is 6.54 Å². The standard InChI is InChI=1S/C14H20N2O3/c1-10(2)9-16(13(17)8-15)12-7-5-4-6-11(12)14(18)19-3/h4-7,10H,8-9,15H2,1-3H3. The van der Waals surface area contributed by atoms with Gasteiger partial charge in [0.25, 0.3) is 0 Å². The number of nitrogens with two attached hydrogens (primary N) is 1. The smallest absolute Gasteiger partial charge is 0.339 e. The summed E-state index contributed by atoms with van der Waals surface area (Å²) in [5, 5.41) is 0. The first-order chi connectivity index (χ1) is 9.01. The maximum atomic E-state index is 12.0. The van der Waals surface area contributed by atoms with Crippen molar-refractivity contribution in [2.75, 3.05) is 25.1 Å². The van der Waals surface area contributed by atoms with Crippen LogP contribution >= 0.6 is 0 Å². The molecule has 0 aliphatic carbocycles. The molecule has 0 unspecified atom stereocenters. The van der Waals surface area contributed by atoms with Gasteiger partial charge in [0.15, 0.2) is 0 Å². The van der Waals surface area contributed by atoms with E-state index >= 15 is 0 Å². The van der Waals surface area contributed by atoms with Crippen LogP contribution in [0.3, 0.4) is 0 Å². The Bertz CT molecular complexity index is 458. The number of esters is 1. The highest BCUT2D eigenvalue weighted by molar-refractivity contribution is 6.03. The van der Waals surface area contributed by atoms with E-state index in [1.807, 2.05) is 13.8 Å².